The van der Waals surface area contributed by atoms with Crippen LogP contribution in [0.2, 0.25) is 0 Å². The zero-order chi connectivity index (χ0) is 9.47. The van der Waals surface area contributed by atoms with Gasteiger partial charge in [-0.1, -0.05) is 0 Å². The molecule has 0 aromatic carbocycles. The summed E-state index contributed by atoms with van der Waals surface area (Å²) in [6.07, 6.45) is 0.179. The number of carboxylic acid groups (broad SMARTS) is 1. The molecule has 0 unspecified atom stereocenters. The molecule has 1 fully saturated rings. The molecule has 68 valence electrons. The van der Waals surface area contributed by atoms with Crippen LogP contribution < -0.4 is 0 Å². The molecule has 1 heterocycles. The molecule has 0 aliphatic heterocycles. The molecule has 0 amide bonds. The van der Waals surface area contributed by atoms with Crippen LogP contribution in [0.5, 0.6) is 0 Å². The fourth-order valence-corrected chi connectivity index (χ4v) is 2.16. The van der Waals surface area contributed by atoms with Crippen LogP contribution >= 0.6 is 11.3 Å². The minimum atomic E-state index is -1.02. The van der Waals surface area contributed by atoms with Crippen molar-refractivity contribution < 1.29 is 14.7 Å². The van der Waals surface area contributed by atoms with Crippen molar-refractivity contribution in [2.75, 3.05) is 0 Å². The van der Waals surface area contributed by atoms with Gasteiger partial charge in [0.25, 0.3) is 0 Å². The minimum absolute atomic E-state index is 0.00426. The van der Waals surface area contributed by atoms with Crippen molar-refractivity contribution in [3.8, 4) is 0 Å². The Bertz CT molecular complexity index is 349. The Morgan fingerprint density at radius 3 is 2.69 bits per heavy atom. The van der Waals surface area contributed by atoms with Crippen molar-refractivity contribution >= 4 is 23.1 Å². The maximum absolute atomic E-state index is 11.0. The monoisotopic (exact) mass is 197 g/mol. The van der Waals surface area contributed by atoms with Gasteiger partial charge in [0.1, 0.15) is 11.2 Å². The number of thiazole rings is 1. The van der Waals surface area contributed by atoms with Crippen molar-refractivity contribution in [1.29, 1.82) is 0 Å². The smallest absolute Gasteiger partial charge is 0.316 e. The Hall–Kier alpha value is -1.23. The minimum Gasteiger partial charge on any atom is -0.481 e. The van der Waals surface area contributed by atoms with Crippen molar-refractivity contribution in [3.05, 3.63) is 16.6 Å². The molecule has 1 N–H and O–H groups in total. The van der Waals surface area contributed by atoms with E-state index in [0.29, 0.717) is 5.69 Å². The number of aromatic nitrogens is 1. The lowest BCUT2D eigenvalue weighted by Gasteiger charge is -2.34. The molecule has 0 spiro atoms. The summed E-state index contributed by atoms with van der Waals surface area (Å²) in [4.78, 5) is 25.7. The number of Topliss-reactive ketones (excluding diaryl/α,β-unsaturated/α-hetero) is 1. The van der Waals surface area contributed by atoms with Gasteiger partial charge in [0.05, 0.1) is 11.2 Å². The molecule has 5 heteroatoms. The number of ketones is 1. The largest absolute Gasteiger partial charge is 0.481 e. The Labute approximate surface area is 78.2 Å². The van der Waals surface area contributed by atoms with Gasteiger partial charge in [-0.25, -0.2) is 4.98 Å². The van der Waals surface area contributed by atoms with Gasteiger partial charge in [0.2, 0.25) is 0 Å². The summed E-state index contributed by atoms with van der Waals surface area (Å²) in [5.41, 5.74) is 1.09. The molecular weight excluding hydrogens is 190 g/mol. The summed E-state index contributed by atoms with van der Waals surface area (Å²) in [6.45, 7) is 0. The van der Waals surface area contributed by atoms with Crippen LogP contribution in [0, 0.1) is 0 Å². The fourth-order valence-electron chi connectivity index (χ4n) is 1.51. The molecule has 1 aromatic heterocycles. The number of aliphatic carboxylic acids is 1. The average molecular weight is 197 g/mol. The number of hydrogen-bond donors (Lipinski definition) is 1. The van der Waals surface area contributed by atoms with Gasteiger partial charge in [-0.15, -0.1) is 11.3 Å². The molecule has 0 radical (unpaired) electrons. The van der Waals surface area contributed by atoms with Crippen LogP contribution in [0.3, 0.4) is 0 Å². The number of carboxylic acids is 1. The third kappa shape index (κ3) is 1.07. The summed E-state index contributed by atoms with van der Waals surface area (Å²) in [7, 11) is 0. The van der Waals surface area contributed by atoms with E-state index in [9.17, 15) is 9.59 Å². The first-order chi connectivity index (χ1) is 6.15. The summed E-state index contributed by atoms with van der Waals surface area (Å²) < 4.78 is 0. The van der Waals surface area contributed by atoms with Crippen LogP contribution in [-0.2, 0) is 15.0 Å². The topological polar surface area (TPSA) is 67.3 Å². The Morgan fingerprint density at radius 2 is 2.31 bits per heavy atom. The zero-order valence-corrected chi connectivity index (χ0v) is 7.50. The Kier molecular flexibility index (Phi) is 1.69. The first-order valence-electron chi connectivity index (χ1n) is 3.79. The van der Waals surface area contributed by atoms with Gasteiger partial charge < -0.3 is 5.11 Å². The average Bonchev–Trinajstić information content (AvgIpc) is 2.49. The third-order valence-corrected chi connectivity index (χ3v) is 2.92. The van der Waals surface area contributed by atoms with Gasteiger partial charge in [0.15, 0.2) is 0 Å². The number of carbonyl (C=O) groups excluding carboxylic acids is 1. The lowest BCUT2D eigenvalue weighted by atomic mass is 9.66. The van der Waals surface area contributed by atoms with Gasteiger partial charge in [-0.05, 0) is 0 Å². The molecule has 13 heavy (non-hydrogen) atoms. The number of rotatable bonds is 2. The maximum Gasteiger partial charge on any atom is 0.316 e. The summed E-state index contributed by atoms with van der Waals surface area (Å²) >= 11 is 1.35. The van der Waals surface area contributed by atoms with Gasteiger partial charge in [-0.3, -0.25) is 9.59 Å². The van der Waals surface area contributed by atoms with E-state index in [4.69, 9.17) is 5.11 Å². The quantitative estimate of drug-likeness (QED) is 0.762. The molecule has 1 aliphatic carbocycles. The van der Waals surface area contributed by atoms with Gasteiger partial charge in [-0.2, -0.15) is 0 Å². The Morgan fingerprint density at radius 1 is 1.62 bits per heavy atom. The van der Waals surface area contributed by atoms with E-state index in [0.717, 1.165) is 0 Å². The summed E-state index contributed by atoms with van der Waals surface area (Å²) in [6, 6.07) is 0. The second-order valence-corrected chi connectivity index (χ2v) is 3.87. The van der Waals surface area contributed by atoms with Crippen molar-refractivity contribution in [3.63, 3.8) is 0 Å². The SMILES string of the molecule is O=C1CC(C(=O)O)(c2cscn2)C1. The highest BCUT2D eigenvalue weighted by molar-refractivity contribution is 7.07. The third-order valence-electron chi connectivity index (χ3n) is 2.33. The van der Waals surface area contributed by atoms with Crippen LogP contribution in [0.1, 0.15) is 18.5 Å². The van der Waals surface area contributed by atoms with E-state index in [2.05, 4.69) is 4.98 Å². The highest BCUT2D eigenvalue weighted by Crippen LogP contribution is 2.41. The van der Waals surface area contributed by atoms with E-state index < -0.39 is 11.4 Å². The van der Waals surface area contributed by atoms with Crippen LogP contribution in [0.4, 0.5) is 0 Å². The van der Waals surface area contributed by atoms with Crippen molar-refractivity contribution in [2.24, 2.45) is 0 Å². The first-order valence-corrected chi connectivity index (χ1v) is 4.73. The second kappa shape index (κ2) is 2.63. The zero-order valence-electron chi connectivity index (χ0n) is 6.69. The molecule has 0 atom stereocenters. The lowest BCUT2D eigenvalue weighted by Crippen LogP contribution is -2.48. The van der Waals surface area contributed by atoms with Crippen LogP contribution in [-0.4, -0.2) is 21.8 Å². The molecule has 1 aliphatic rings. The summed E-state index contributed by atoms with van der Waals surface area (Å²) in [5.74, 6) is -0.951. The van der Waals surface area contributed by atoms with Crippen LogP contribution in [0.25, 0.3) is 0 Å². The molecule has 0 bridgehead atoms. The van der Waals surface area contributed by atoms with Gasteiger partial charge in [0, 0.05) is 18.2 Å². The molecule has 1 aromatic rings. The molecule has 4 nitrogen and oxygen atoms in total. The van der Waals surface area contributed by atoms with E-state index in [-0.39, 0.29) is 18.6 Å². The van der Waals surface area contributed by atoms with E-state index >= 15 is 0 Å². The highest BCUT2D eigenvalue weighted by Gasteiger charge is 2.52. The first kappa shape index (κ1) is 8.37. The number of hydrogen-bond acceptors (Lipinski definition) is 4. The molecule has 2 rings (SSSR count). The van der Waals surface area contributed by atoms with Crippen molar-refractivity contribution in [1.82, 2.24) is 4.98 Å². The summed E-state index contributed by atoms with van der Waals surface area (Å²) in [5, 5.41) is 10.7. The Balaban J connectivity index is 2.37. The fraction of sp³-hybridized carbons (Fsp3) is 0.375. The predicted octanol–water partition coefficient (Wildman–Crippen LogP) is 0.828. The molecular formula is C8H7NO3S. The second-order valence-electron chi connectivity index (χ2n) is 3.15. The molecule has 0 saturated heterocycles. The van der Waals surface area contributed by atoms with Gasteiger partial charge >= 0.3 is 5.97 Å². The standard InChI is InChI=1S/C8H7NO3S/c10-5-1-8(2-5,7(11)12)6-3-13-4-9-6/h3-4H,1-2H2,(H,11,12). The predicted molar refractivity (Wildman–Crippen MR) is 45.7 cm³/mol. The number of carbonyl (C=O) groups is 2. The highest BCUT2D eigenvalue weighted by atomic mass is 32.1. The van der Waals surface area contributed by atoms with E-state index in [1.807, 2.05) is 0 Å². The normalized spacial score (nSPS) is 19.5. The number of nitrogens with zero attached hydrogens (tertiary/aromatic N) is 1. The molecule has 1 saturated carbocycles. The maximum atomic E-state index is 11.0. The lowest BCUT2D eigenvalue weighted by molar-refractivity contribution is -0.153. The van der Waals surface area contributed by atoms with Crippen molar-refractivity contribution in [2.45, 2.75) is 18.3 Å². The van der Waals surface area contributed by atoms with Crippen LogP contribution in [0.15, 0.2) is 10.9 Å². The van der Waals surface area contributed by atoms with E-state index in [1.165, 1.54) is 11.3 Å². The van der Waals surface area contributed by atoms with E-state index in [1.54, 1.807) is 10.9 Å².